The van der Waals surface area contributed by atoms with Crippen LogP contribution in [0.3, 0.4) is 0 Å². The molecule has 0 bridgehead atoms. The minimum absolute atomic E-state index is 0.510. The van der Waals surface area contributed by atoms with Crippen molar-refractivity contribution in [2.24, 2.45) is 0 Å². The molecule has 0 fully saturated rings. The number of ether oxygens (including phenoxy) is 2. The second kappa shape index (κ2) is 5.52. The summed E-state index contributed by atoms with van der Waals surface area (Å²) in [5, 5.41) is 9.60. The summed E-state index contributed by atoms with van der Waals surface area (Å²) in [6, 6.07) is 7.22. The summed E-state index contributed by atoms with van der Waals surface area (Å²) in [6.45, 7) is 0. The normalized spacial score (nSPS) is 12.5. The molecule has 1 atom stereocenters. The van der Waals surface area contributed by atoms with Crippen LogP contribution in [0, 0.1) is 12.3 Å². The van der Waals surface area contributed by atoms with Gasteiger partial charge < -0.3 is 14.6 Å². The Morgan fingerprint density at radius 1 is 1.20 bits per heavy atom. The van der Waals surface area contributed by atoms with E-state index in [1.54, 1.807) is 6.07 Å². The first-order valence-electron chi connectivity index (χ1n) is 4.53. The monoisotopic (exact) mass is 206 g/mol. The van der Waals surface area contributed by atoms with Gasteiger partial charge in [0.15, 0.2) is 6.29 Å². The van der Waals surface area contributed by atoms with E-state index in [4.69, 9.17) is 15.9 Å². The molecule has 3 nitrogen and oxygen atoms in total. The molecule has 0 aromatic heterocycles. The van der Waals surface area contributed by atoms with Crippen molar-refractivity contribution in [1.29, 1.82) is 0 Å². The van der Waals surface area contributed by atoms with E-state index in [2.05, 4.69) is 5.92 Å². The molecule has 15 heavy (non-hydrogen) atoms. The van der Waals surface area contributed by atoms with Gasteiger partial charge in [-0.1, -0.05) is 30.2 Å². The number of methoxy groups -OCH3 is 2. The van der Waals surface area contributed by atoms with Crippen LogP contribution in [0.1, 0.15) is 23.5 Å². The zero-order chi connectivity index (χ0) is 11.3. The molecule has 0 aliphatic rings. The lowest BCUT2D eigenvalue weighted by Crippen LogP contribution is -2.09. The molecule has 0 saturated heterocycles. The molecule has 1 aromatic rings. The van der Waals surface area contributed by atoms with Crippen LogP contribution in [0.15, 0.2) is 24.3 Å². The Bertz CT molecular complexity index is 350. The zero-order valence-corrected chi connectivity index (χ0v) is 8.81. The van der Waals surface area contributed by atoms with Crippen molar-refractivity contribution in [3.8, 4) is 12.3 Å². The van der Waals surface area contributed by atoms with Crippen molar-refractivity contribution in [1.82, 2.24) is 0 Å². The maximum absolute atomic E-state index is 9.60. The van der Waals surface area contributed by atoms with Crippen molar-refractivity contribution < 1.29 is 14.6 Å². The van der Waals surface area contributed by atoms with E-state index in [0.29, 0.717) is 5.56 Å². The molecule has 0 amide bonds. The van der Waals surface area contributed by atoms with E-state index in [1.165, 1.54) is 14.2 Å². The van der Waals surface area contributed by atoms with E-state index in [0.717, 1.165) is 5.56 Å². The van der Waals surface area contributed by atoms with Crippen molar-refractivity contribution in [3.63, 3.8) is 0 Å². The number of terminal acetylenes is 1. The first-order chi connectivity index (χ1) is 7.24. The first kappa shape index (κ1) is 11.7. The Morgan fingerprint density at radius 2 is 1.73 bits per heavy atom. The molecule has 0 radical (unpaired) electrons. The highest BCUT2D eigenvalue weighted by Crippen LogP contribution is 2.25. The third-order valence-electron chi connectivity index (χ3n) is 2.13. The van der Waals surface area contributed by atoms with Crippen LogP contribution in [0.2, 0.25) is 0 Å². The van der Waals surface area contributed by atoms with Crippen molar-refractivity contribution in [3.05, 3.63) is 35.4 Å². The predicted molar refractivity (Wildman–Crippen MR) is 57.0 cm³/mol. The molecule has 1 N–H and O–H groups in total. The Kier molecular flexibility index (Phi) is 4.32. The molecule has 0 heterocycles. The van der Waals surface area contributed by atoms with Gasteiger partial charge in [0, 0.05) is 25.3 Å². The summed E-state index contributed by atoms with van der Waals surface area (Å²) < 4.78 is 10.2. The van der Waals surface area contributed by atoms with Crippen molar-refractivity contribution in [2.75, 3.05) is 14.2 Å². The van der Waals surface area contributed by atoms with Crippen molar-refractivity contribution in [2.45, 2.75) is 12.4 Å². The minimum atomic E-state index is -0.936. The van der Waals surface area contributed by atoms with E-state index in [9.17, 15) is 5.11 Å². The number of benzene rings is 1. The number of hydrogen-bond acceptors (Lipinski definition) is 3. The highest BCUT2D eigenvalue weighted by Gasteiger charge is 2.16. The van der Waals surface area contributed by atoms with Gasteiger partial charge in [-0.05, 0) is 0 Å². The van der Waals surface area contributed by atoms with Crippen LogP contribution < -0.4 is 0 Å². The summed E-state index contributed by atoms with van der Waals surface area (Å²) in [6.07, 6.45) is 3.73. The van der Waals surface area contributed by atoms with Gasteiger partial charge in [-0.15, -0.1) is 6.42 Å². The highest BCUT2D eigenvalue weighted by atomic mass is 16.7. The summed E-state index contributed by atoms with van der Waals surface area (Å²) in [5.74, 6) is 2.27. The molecule has 1 rings (SSSR count). The molecule has 1 unspecified atom stereocenters. The van der Waals surface area contributed by atoms with E-state index in [1.807, 2.05) is 18.2 Å². The third kappa shape index (κ3) is 2.57. The third-order valence-corrected chi connectivity index (χ3v) is 2.13. The SMILES string of the molecule is C#CC(O)c1ccccc1C(OC)OC. The molecule has 3 heteroatoms. The predicted octanol–water partition coefficient (Wildman–Crippen LogP) is 1.64. The maximum atomic E-state index is 9.60. The molecule has 80 valence electrons. The van der Waals surface area contributed by atoms with Gasteiger partial charge in [0.25, 0.3) is 0 Å². The molecular formula is C12H14O3. The number of hydrogen-bond donors (Lipinski definition) is 1. The average Bonchev–Trinajstić information content (AvgIpc) is 2.30. The van der Waals surface area contributed by atoms with Crippen molar-refractivity contribution >= 4 is 0 Å². The molecule has 0 spiro atoms. The fourth-order valence-corrected chi connectivity index (χ4v) is 1.41. The summed E-state index contributed by atoms with van der Waals surface area (Å²) >= 11 is 0. The Labute approximate surface area is 89.6 Å². The maximum Gasteiger partial charge on any atom is 0.183 e. The fraction of sp³-hybridized carbons (Fsp3) is 0.333. The lowest BCUT2D eigenvalue weighted by Gasteiger charge is -2.18. The topological polar surface area (TPSA) is 38.7 Å². The standard InChI is InChI=1S/C12H14O3/c1-4-11(13)9-7-5-6-8-10(9)12(14-2)15-3/h1,5-8,11-13H,2-3H3. The van der Waals surface area contributed by atoms with Crippen LogP contribution in [0.5, 0.6) is 0 Å². The molecule has 0 saturated carbocycles. The van der Waals surface area contributed by atoms with Crippen LogP contribution in [0.25, 0.3) is 0 Å². The fourth-order valence-electron chi connectivity index (χ4n) is 1.41. The van der Waals surface area contributed by atoms with E-state index in [-0.39, 0.29) is 0 Å². The average molecular weight is 206 g/mol. The number of aliphatic hydroxyl groups is 1. The van der Waals surface area contributed by atoms with Gasteiger partial charge in [-0.2, -0.15) is 0 Å². The van der Waals surface area contributed by atoms with E-state index < -0.39 is 12.4 Å². The smallest absolute Gasteiger partial charge is 0.183 e. The second-order valence-corrected chi connectivity index (χ2v) is 3.00. The zero-order valence-electron chi connectivity index (χ0n) is 8.81. The van der Waals surface area contributed by atoms with Gasteiger partial charge in [0.1, 0.15) is 6.10 Å². The van der Waals surface area contributed by atoms with E-state index >= 15 is 0 Å². The Hall–Kier alpha value is -1.34. The second-order valence-electron chi connectivity index (χ2n) is 3.00. The molecule has 0 aliphatic heterocycles. The first-order valence-corrected chi connectivity index (χ1v) is 4.53. The molecular weight excluding hydrogens is 192 g/mol. The van der Waals surface area contributed by atoms with Crippen LogP contribution >= 0.6 is 0 Å². The molecule has 1 aromatic carbocycles. The van der Waals surface area contributed by atoms with Gasteiger partial charge in [-0.3, -0.25) is 0 Å². The van der Waals surface area contributed by atoms with Crippen LogP contribution in [-0.4, -0.2) is 19.3 Å². The summed E-state index contributed by atoms with van der Waals surface area (Å²) in [4.78, 5) is 0. The lowest BCUT2D eigenvalue weighted by molar-refractivity contribution is -0.107. The number of rotatable bonds is 4. The highest BCUT2D eigenvalue weighted by molar-refractivity contribution is 5.33. The van der Waals surface area contributed by atoms with Gasteiger partial charge in [0.05, 0.1) is 0 Å². The lowest BCUT2D eigenvalue weighted by atomic mass is 10.0. The Morgan fingerprint density at radius 3 is 2.20 bits per heavy atom. The van der Waals surface area contributed by atoms with Gasteiger partial charge in [-0.25, -0.2) is 0 Å². The van der Waals surface area contributed by atoms with Crippen LogP contribution in [-0.2, 0) is 9.47 Å². The summed E-state index contributed by atoms with van der Waals surface area (Å²) in [7, 11) is 3.07. The number of aliphatic hydroxyl groups excluding tert-OH is 1. The quantitative estimate of drug-likeness (QED) is 0.601. The van der Waals surface area contributed by atoms with Gasteiger partial charge in [0.2, 0.25) is 0 Å². The minimum Gasteiger partial charge on any atom is -0.376 e. The molecule has 0 aliphatic carbocycles. The summed E-state index contributed by atoms with van der Waals surface area (Å²) in [5.41, 5.74) is 1.38. The van der Waals surface area contributed by atoms with Crippen LogP contribution in [0.4, 0.5) is 0 Å². The Balaban J connectivity index is 3.11. The van der Waals surface area contributed by atoms with Gasteiger partial charge >= 0.3 is 0 Å². The largest absolute Gasteiger partial charge is 0.376 e.